The average Bonchev–Trinajstić information content (AvgIpc) is 3.14. The molecule has 2 aliphatic heterocycles. The molecule has 2 aliphatic carbocycles. The molecule has 9 nitrogen and oxygen atoms in total. The molecule has 0 aromatic rings. The lowest BCUT2D eigenvalue weighted by Crippen LogP contribution is -2.60. The first-order chi connectivity index (χ1) is 16.2. The van der Waals surface area contributed by atoms with Crippen molar-refractivity contribution < 1.29 is 36.4 Å². The standard InChI is InChI=1S/C24H33NO8S/c1-15-5-8-19-23(2,10-9-20-24(19,3)13-32-34(29)33-20)17(15)7-6-16-18(11-31-22(16)28)25(14-26)21(27)12-30-4/h6,14,17-20H,1,5,7-13H2,2-4H3/b16-6+/t17-,18?,19+,20-,23+,24+,34?/m1/s1. The van der Waals surface area contributed by atoms with Crippen LogP contribution >= 0.6 is 0 Å². The first-order valence-corrected chi connectivity index (χ1v) is 12.7. The first-order valence-electron chi connectivity index (χ1n) is 11.7. The van der Waals surface area contributed by atoms with E-state index in [1.54, 1.807) is 0 Å². The van der Waals surface area contributed by atoms with E-state index in [4.69, 9.17) is 17.8 Å². The van der Waals surface area contributed by atoms with Gasteiger partial charge in [0, 0.05) is 12.5 Å². The predicted octanol–water partition coefficient (Wildman–Crippen LogP) is 2.24. The fourth-order valence-corrected chi connectivity index (χ4v) is 7.63. The number of imide groups is 1. The van der Waals surface area contributed by atoms with Gasteiger partial charge in [0.2, 0.25) is 6.41 Å². The normalized spacial score (nSPS) is 40.9. The summed E-state index contributed by atoms with van der Waals surface area (Å²) in [6, 6.07) is -0.767. The van der Waals surface area contributed by atoms with Crippen molar-refractivity contribution >= 4 is 29.6 Å². The maximum absolute atomic E-state index is 12.5. The molecule has 2 amide bonds. The Labute approximate surface area is 202 Å². The summed E-state index contributed by atoms with van der Waals surface area (Å²) in [6.45, 7) is 8.86. The SMILES string of the molecule is C=C1CC[C@@H]2[C@]3(C)COS(=O)O[C@@H]3CC[C@@]2(C)[C@@H]1C/C=C1/C(=O)OCC1N(C=O)C(=O)COC. The highest BCUT2D eigenvalue weighted by molar-refractivity contribution is 7.75. The maximum Gasteiger partial charge on any atom is 0.336 e. The molecule has 2 unspecified atom stereocenters. The van der Waals surface area contributed by atoms with Gasteiger partial charge in [-0.25, -0.2) is 4.79 Å². The lowest BCUT2D eigenvalue weighted by Gasteiger charge is -2.61. The first kappa shape index (κ1) is 25.2. The zero-order valence-corrected chi connectivity index (χ0v) is 20.8. The van der Waals surface area contributed by atoms with Crippen LogP contribution in [0.4, 0.5) is 0 Å². The summed E-state index contributed by atoms with van der Waals surface area (Å²) >= 11 is -1.70. The molecule has 10 heteroatoms. The summed E-state index contributed by atoms with van der Waals surface area (Å²) in [5.74, 6) is -0.678. The quantitative estimate of drug-likeness (QED) is 0.239. The molecule has 2 saturated heterocycles. The third kappa shape index (κ3) is 4.19. The number of methoxy groups -OCH3 is 1. The van der Waals surface area contributed by atoms with Crippen molar-refractivity contribution in [3.05, 3.63) is 23.8 Å². The Bertz CT molecular complexity index is 934. The summed E-state index contributed by atoms with van der Waals surface area (Å²) in [4.78, 5) is 37.5. The minimum atomic E-state index is -1.70. The van der Waals surface area contributed by atoms with Gasteiger partial charge in [-0.2, -0.15) is 4.21 Å². The Morgan fingerprint density at radius 2 is 2.09 bits per heavy atom. The van der Waals surface area contributed by atoms with Crippen LogP contribution in [0.5, 0.6) is 0 Å². The van der Waals surface area contributed by atoms with Crippen molar-refractivity contribution in [2.75, 3.05) is 26.9 Å². The number of hydrogen-bond donors (Lipinski definition) is 0. The molecule has 7 atom stereocenters. The molecular formula is C24H33NO8S. The van der Waals surface area contributed by atoms with Crippen LogP contribution in [0.3, 0.4) is 0 Å². The summed E-state index contributed by atoms with van der Waals surface area (Å²) < 4.78 is 33.0. The largest absolute Gasteiger partial charge is 0.460 e. The predicted molar refractivity (Wildman–Crippen MR) is 122 cm³/mol. The molecule has 0 radical (unpaired) electrons. The fourth-order valence-electron chi connectivity index (χ4n) is 6.72. The van der Waals surface area contributed by atoms with Crippen LogP contribution < -0.4 is 0 Å². The summed E-state index contributed by atoms with van der Waals surface area (Å²) in [5.41, 5.74) is 1.07. The highest BCUT2D eigenvalue weighted by Gasteiger charge is 2.60. The number of carbonyl (C=O) groups is 3. The monoisotopic (exact) mass is 495 g/mol. The molecule has 2 heterocycles. The van der Waals surface area contributed by atoms with Gasteiger partial charge in [0.15, 0.2) is 0 Å². The van der Waals surface area contributed by atoms with E-state index >= 15 is 0 Å². The topological polar surface area (TPSA) is 108 Å². The van der Waals surface area contributed by atoms with E-state index in [-0.39, 0.29) is 42.0 Å². The Morgan fingerprint density at radius 3 is 2.79 bits per heavy atom. The average molecular weight is 496 g/mol. The van der Waals surface area contributed by atoms with E-state index in [0.717, 1.165) is 36.2 Å². The summed E-state index contributed by atoms with van der Waals surface area (Å²) in [7, 11) is 1.37. The molecule has 2 saturated carbocycles. The van der Waals surface area contributed by atoms with E-state index < -0.39 is 29.3 Å². The number of ether oxygens (including phenoxy) is 2. The van der Waals surface area contributed by atoms with E-state index in [1.165, 1.54) is 7.11 Å². The molecule has 188 valence electrons. The third-order valence-electron chi connectivity index (χ3n) is 8.52. The number of fused-ring (bicyclic) bond motifs is 3. The van der Waals surface area contributed by atoms with Gasteiger partial charge in [0.05, 0.1) is 18.3 Å². The van der Waals surface area contributed by atoms with Crippen molar-refractivity contribution in [3.63, 3.8) is 0 Å². The summed E-state index contributed by atoms with van der Waals surface area (Å²) in [5, 5.41) is 0. The zero-order chi connectivity index (χ0) is 24.7. The van der Waals surface area contributed by atoms with E-state index in [9.17, 15) is 18.6 Å². The molecule has 0 spiro atoms. The second-order valence-corrected chi connectivity index (χ2v) is 11.1. The smallest absolute Gasteiger partial charge is 0.336 e. The maximum atomic E-state index is 12.5. The van der Waals surface area contributed by atoms with Crippen molar-refractivity contribution in [1.29, 1.82) is 0 Å². The minimum Gasteiger partial charge on any atom is -0.460 e. The Balaban J connectivity index is 1.59. The molecule has 4 fully saturated rings. The van der Waals surface area contributed by atoms with Gasteiger partial charge in [-0.05, 0) is 49.4 Å². The number of cyclic esters (lactones) is 1. The van der Waals surface area contributed by atoms with Crippen LogP contribution in [0.15, 0.2) is 23.8 Å². The minimum absolute atomic E-state index is 0.0596. The van der Waals surface area contributed by atoms with Gasteiger partial charge in [0.25, 0.3) is 5.91 Å². The number of hydrogen-bond acceptors (Lipinski definition) is 8. The highest BCUT2D eigenvalue weighted by Crippen LogP contribution is 2.63. The number of esters is 1. The molecule has 4 aliphatic rings. The van der Waals surface area contributed by atoms with Crippen molar-refractivity contribution in [1.82, 2.24) is 4.90 Å². The second kappa shape index (κ2) is 9.64. The number of rotatable bonds is 6. The van der Waals surface area contributed by atoms with Crippen molar-refractivity contribution in [2.45, 2.75) is 58.1 Å². The Morgan fingerprint density at radius 1 is 1.32 bits per heavy atom. The summed E-state index contributed by atoms with van der Waals surface area (Å²) in [6.07, 6.45) is 6.12. The lowest BCUT2D eigenvalue weighted by molar-refractivity contribution is -0.154. The van der Waals surface area contributed by atoms with Crippen LogP contribution in [0.1, 0.15) is 46.0 Å². The van der Waals surface area contributed by atoms with Gasteiger partial charge in [-0.1, -0.05) is 32.1 Å². The number of carbonyl (C=O) groups excluding carboxylic acids is 3. The molecule has 4 rings (SSSR count). The van der Waals surface area contributed by atoms with E-state index in [2.05, 4.69) is 20.4 Å². The Kier molecular flexibility index (Phi) is 7.15. The number of amides is 2. The molecule has 0 bridgehead atoms. The zero-order valence-electron chi connectivity index (χ0n) is 19.9. The lowest BCUT2D eigenvalue weighted by atomic mass is 9.46. The second-order valence-electron chi connectivity index (χ2n) is 10.3. The van der Waals surface area contributed by atoms with Crippen LogP contribution in [0.25, 0.3) is 0 Å². The highest BCUT2D eigenvalue weighted by atomic mass is 32.2. The van der Waals surface area contributed by atoms with Gasteiger partial charge in [-0.15, -0.1) is 0 Å². The molecular weight excluding hydrogens is 462 g/mol. The molecule has 0 aromatic heterocycles. The van der Waals surface area contributed by atoms with Crippen molar-refractivity contribution in [2.24, 2.45) is 22.7 Å². The van der Waals surface area contributed by atoms with Gasteiger partial charge in [0.1, 0.15) is 19.3 Å². The van der Waals surface area contributed by atoms with Crippen molar-refractivity contribution in [3.8, 4) is 0 Å². The molecule has 34 heavy (non-hydrogen) atoms. The van der Waals surface area contributed by atoms with Crippen LogP contribution in [-0.4, -0.2) is 66.5 Å². The van der Waals surface area contributed by atoms with Crippen LogP contribution in [0, 0.1) is 22.7 Å². The fraction of sp³-hybridized carbons (Fsp3) is 0.708. The molecule has 0 N–H and O–H groups in total. The van der Waals surface area contributed by atoms with Crippen LogP contribution in [0.2, 0.25) is 0 Å². The number of nitrogens with zero attached hydrogens (tertiary/aromatic N) is 1. The van der Waals surface area contributed by atoms with E-state index in [0.29, 0.717) is 25.0 Å². The third-order valence-corrected chi connectivity index (χ3v) is 9.22. The van der Waals surface area contributed by atoms with E-state index in [1.807, 2.05) is 6.08 Å². The van der Waals surface area contributed by atoms with Gasteiger partial charge >= 0.3 is 17.3 Å². The number of allylic oxidation sites excluding steroid dienone is 2. The Hall–Kier alpha value is -1.88. The van der Waals surface area contributed by atoms with Crippen LogP contribution in [-0.2, 0) is 43.6 Å². The van der Waals surface area contributed by atoms with Gasteiger partial charge in [-0.3, -0.25) is 22.9 Å². The van der Waals surface area contributed by atoms with Gasteiger partial charge < -0.3 is 9.47 Å². The molecule has 0 aromatic carbocycles.